The Kier molecular flexibility index (Phi) is 8.71. The average Bonchev–Trinajstić information content (AvgIpc) is 3.31. The molecule has 0 N–H and O–H groups in total. The van der Waals surface area contributed by atoms with E-state index < -0.39 is 37.0 Å². The van der Waals surface area contributed by atoms with Crippen LogP contribution >= 0.6 is 0 Å². The maximum atomic E-state index is 13.5. The van der Waals surface area contributed by atoms with Crippen LogP contribution in [0.4, 0.5) is 26.7 Å². The molecule has 0 radical (unpaired) electrons. The van der Waals surface area contributed by atoms with Gasteiger partial charge in [0.1, 0.15) is 5.75 Å². The minimum absolute atomic E-state index is 0.0847. The first kappa shape index (κ1) is 28.0. The molecular weight excluding hydrogens is 515 g/mol. The number of alkyl halides is 5. The number of hydrogen-bond donors (Lipinski definition) is 0. The van der Waals surface area contributed by atoms with Gasteiger partial charge in [-0.2, -0.15) is 13.2 Å². The lowest BCUT2D eigenvalue weighted by molar-refractivity contribution is -0.220. The maximum Gasteiger partial charge on any atom is 0.427 e. The molecule has 7 nitrogen and oxygen atoms in total. The lowest BCUT2D eigenvalue weighted by Crippen LogP contribution is -2.49. The van der Waals surface area contributed by atoms with E-state index in [2.05, 4.69) is 4.98 Å². The number of methoxy groups -OCH3 is 1. The van der Waals surface area contributed by atoms with E-state index in [1.807, 2.05) is 0 Å². The molecule has 1 aromatic heterocycles. The van der Waals surface area contributed by atoms with Gasteiger partial charge in [-0.3, -0.25) is 4.98 Å². The Balaban J connectivity index is 1.26. The van der Waals surface area contributed by atoms with Crippen molar-refractivity contribution in [3.8, 4) is 5.75 Å². The molecular formula is C26H29F5N2O5. The SMILES string of the molecule is COc1ccc(COCC(OC(=O)N2CCC3(CC2)CC(c2ccc(C(F)F)cn2)CO3)C(F)(F)F)cc1. The number of carbonyl (C=O) groups is 1. The molecule has 2 atom stereocenters. The van der Waals surface area contributed by atoms with Crippen LogP contribution in [0.5, 0.6) is 5.75 Å². The quantitative estimate of drug-likeness (QED) is 0.400. The van der Waals surface area contributed by atoms with Crippen molar-refractivity contribution in [2.45, 2.75) is 56.1 Å². The average molecular weight is 545 g/mol. The number of benzene rings is 1. The molecule has 0 saturated carbocycles. The molecule has 2 aliphatic heterocycles. The molecule has 0 aliphatic carbocycles. The second-order valence-corrected chi connectivity index (χ2v) is 9.48. The lowest BCUT2D eigenvalue weighted by atomic mass is 9.84. The van der Waals surface area contributed by atoms with E-state index in [0.29, 0.717) is 42.9 Å². The van der Waals surface area contributed by atoms with Gasteiger partial charge in [-0.15, -0.1) is 0 Å². The number of ether oxygens (including phenoxy) is 4. The van der Waals surface area contributed by atoms with E-state index in [9.17, 15) is 26.7 Å². The molecule has 1 aromatic carbocycles. The van der Waals surface area contributed by atoms with Crippen molar-refractivity contribution in [2.24, 2.45) is 0 Å². The van der Waals surface area contributed by atoms with E-state index in [1.165, 1.54) is 18.1 Å². The molecule has 0 bridgehead atoms. The van der Waals surface area contributed by atoms with Gasteiger partial charge in [0.05, 0.1) is 32.5 Å². The summed E-state index contributed by atoms with van der Waals surface area (Å²) in [5.74, 6) is 0.524. The van der Waals surface area contributed by atoms with E-state index in [-0.39, 0.29) is 31.2 Å². The van der Waals surface area contributed by atoms with Gasteiger partial charge in [0.15, 0.2) is 0 Å². The summed E-state index contributed by atoms with van der Waals surface area (Å²) in [6.07, 6.45) is -8.28. The minimum Gasteiger partial charge on any atom is -0.497 e. The maximum absolute atomic E-state index is 13.5. The smallest absolute Gasteiger partial charge is 0.427 e. The van der Waals surface area contributed by atoms with Crippen LogP contribution in [0.2, 0.25) is 0 Å². The van der Waals surface area contributed by atoms with Crippen LogP contribution in [-0.2, 0) is 20.8 Å². The van der Waals surface area contributed by atoms with Gasteiger partial charge in [-0.25, -0.2) is 13.6 Å². The number of amides is 1. The molecule has 2 aromatic rings. The number of nitrogens with zero attached hydrogens (tertiary/aromatic N) is 2. The summed E-state index contributed by atoms with van der Waals surface area (Å²) < 4.78 is 87.2. The standard InChI is InChI=1S/C26H29F5N2O5/c1-35-20-5-2-17(3-6-20)14-36-16-22(26(29,30)31)38-24(34)33-10-8-25(9-11-33)12-19(15-37-25)21-7-4-18(13-32-21)23(27)28/h2-7,13,19,22-23H,8-12,14-16H2,1H3. The number of aromatic nitrogens is 1. The summed E-state index contributed by atoms with van der Waals surface area (Å²) in [6, 6.07) is 9.57. The minimum atomic E-state index is -4.79. The molecule has 4 rings (SSSR count). The summed E-state index contributed by atoms with van der Waals surface area (Å²) in [7, 11) is 1.50. The van der Waals surface area contributed by atoms with Crippen LogP contribution in [0.3, 0.4) is 0 Å². The van der Waals surface area contributed by atoms with Crippen molar-refractivity contribution in [3.05, 3.63) is 59.4 Å². The monoisotopic (exact) mass is 544 g/mol. The lowest BCUT2D eigenvalue weighted by Gasteiger charge is -2.38. The fourth-order valence-corrected chi connectivity index (χ4v) is 4.66. The number of hydrogen-bond acceptors (Lipinski definition) is 6. The highest BCUT2D eigenvalue weighted by atomic mass is 19.4. The fraction of sp³-hybridized carbons (Fsp3) is 0.538. The second kappa shape index (κ2) is 11.8. The van der Waals surface area contributed by atoms with E-state index in [1.54, 1.807) is 30.3 Å². The van der Waals surface area contributed by atoms with Crippen molar-refractivity contribution >= 4 is 6.09 Å². The van der Waals surface area contributed by atoms with Gasteiger partial charge in [-0.1, -0.05) is 12.1 Å². The summed E-state index contributed by atoms with van der Waals surface area (Å²) in [4.78, 5) is 17.9. The zero-order valence-corrected chi connectivity index (χ0v) is 20.8. The highest BCUT2D eigenvalue weighted by Gasteiger charge is 2.47. The van der Waals surface area contributed by atoms with E-state index in [0.717, 1.165) is 6.20 Å². The third-order valence-corrected chi connectivity index (χ3v) is 6.93. The van der Waals surface area contributed by atoms with Crippen molar-refractivity contribution in [3.63, 3.8) is 0 Å². The molecule has 2 unspecified atom stereocenters. The third kappa shape index (κ3) is 6.90. The normalized spacial score (nSPS) is 20.1. The van der Waals surface area contributed by atoms with Crippen LogP contribution < -0.4 is 4.74 Å². The topological polar surface area (TPSA) is 70.1 Å². The Morgan fingerprint density at radius 3 is 2.45 bits per heavy atom. The molecule has 12 heteroatoms. The zero-order chi connectivity index (χ0) is 27.3. The largest absolute Gasteiger partial charge is 0.497 e. The van der Waals surface area contributed by atoms with Crippen molar-refractivity contribution in [1.29, 1.82) is 0 Å². The van der Waals surface area contributed by atoms with Gasteiger partial charge in [0.2, 0.25) is 6.10 Å². The Morgan fingerprint density at radius 1 is 1.16 bits per heavy atom. The number of halogens is 5. The zero-order valence-electron chi connectivity index (χ0n) is 20.8. The van der Waals surface area contributed by atoms with Crippen LogP contribution in [0.1, 0.15) is 48.4 Å². The van der Waals surface area contributed by atoms with Crippen molar-refractivity contribution in [2.75, 3.05) is 33.4 Å². The predicted molar refractivity (Wildman–Crippen MR) is 125 cm³/mol. The first-order valence-electron chi connectivity index (χ1n) is 12.2. The first-order chi connectivity index (χ1) is 18.1. The second-order valence-electron chi connectivity index (χ2n) is 9.48. The summed E-state index contributed by atoms with van der Waals surface area (Å²) in [5.41, 5.74) is 0.595. The molecule has 3 heterocycles. The van der Waals surface area contributed by atoms with Crippen LogP contribution in [0.15, 0.2) is 42.6 Å². The number of rotatable bonds is 8. The molecule has 2 fully saturated rings. The Labute approximate surface area is 216 Å². The number of likely N-dealkylation sites (tertiary alicyclic amines) is 1. The summed E-state index contributed by atoms with van der Waals surface area (Å²) in [6.45, 7) is -0.228. The molecule has 38 heavy (non-hydrogen) atoms. The first-order valence-corrected chi connectivity index (χ1v) is 12.2. The van der Waals surface area contributed by atoms with Gasteiger partial charge >= 0.3 is 12.3 Å². The molecule has 1 amide bonds. The summed E-state index contributed by atoms with van der Waals surface area (Å²) in [5, 5.41) is 0. The highest BCUT2D eigenvalue weighted by molar-refractivity contribution is 5.68. The van der Waals surface area contributed by atoms with Gasteiger partial charge in [0.25, 0.3) is 6.43 Å². The number of pyridine rings is 1. The van der Waals surface area contributed by atoms with Crippen molar-refractivity contribution < 1.29 is 45.7 Å². The Bertz CT molecular complexity index is 1060. The third-order valence-electron chi connectivity index (χ3n) is 6.93. The van der Waals surface area contributed by atoms with Crippen molar-refractivity contribution in [1.82, 2.24) is 9.88 Å². The Hall–Kier alpha value is -2.99. The molecule has 2 saturated heterocycles. The van der Waals surface area contributed by atoms with Crippen LogP contribution in [0, 0.1) is 0 Å². The predicted octanol–water partition coefficient (Wildman–Crippen LogP) is 5.65. The number of piperidine rings is 1. The Morgan fingerprint density at radius 2 is 1.87 bits per heavy atom. The summed E-state index contributed by atoms with van der Waals surface area (Å²) >= 11 is 0. The van der Waals surface area contributed by atoms with Crippen LogP contribution in [0.25, 0.3) is 0 Å². The van der Waals surface area contributed by atoms with Gasteiger partial charge in [-0.05, 0) is 49.1 Å². The van der Waals surface area contributed by atoms with Gasteiger partial charge in [0, 0.05) is 36.5 Å². The van der Waals surface area contributed by atoms with E-state index in [4.69, 9.17) is 18.9 Å². The molecule has 208 valence electrons. The van der Waals surface area contributed by atoms with Crippen LogP contribution in [-0.4, -0.2) is 67.3 Å². The number of carbonyl (C=O) groups excluding carboxylic acids is 1. The highest BCUT2D eigenvalue weighted by Crippen LogP contribution is 2.42. The fourth-order valence-electron chi connectivity index (χ4n) is 4.66. The van der Waals surface area contributed by atoms with Gasteiger partial charge < -0.3 is 23.8 Å². The molecule has 1 spiro atoms. The van der Waals surface area contributed by atoms with E-state index >= 15 is 0 Å². The molecule has 2 aliphatic rings.